The van der Waals surface area contributed by atoms with Crippen molar-refractivity contribution in [1.29, 1.82) is 0 Å². The molecule has 2 amide bonds. The number of methoxy groups -OCH3 is 1. The Hall–Kier alpha value is -3.35. The zero-order valence-corrected chi connectivity index (χ0v) is 14.9. The molecule has 3 rings (SSSR count). The second-order valence-electron chi connectivity index (χ2n) is 6.05. The lowest BCUT2D eigenvalue weighted by Crippen LogP contribution is -2.24. The lowest BCUT2D eigenvalue weighted by atomic mass is 10.2. The minimum Gasteiger partial charge on any atom is -0.497 e. The Balaban J connectivity index is 1.54. The second-order valence-corrected chi connectivity index (χ2v) is 6.05. The van der Waals surface area contributed by atoms with Crippen molar-refractivity contribution in [3.05, 3.63) is 54.1 Å². The molecule has 1 aliphatic heterocycles. The molecule has 140 valence electrons. The maximum atomic E-state index is 12.1. The van der Waals surface area contributed by atoms with Crippen molar-refractivity contribution in [2.24, 2.45) is 0 Å². The first kappa shape index (κ1) is 18.4. The molecular formula is C20H20N2O5. The predicted molar refractivity (Wildman–Crippen MR) is 99.9 cm³/mol. The summed E-state index contributed by atoms with van der Waals surface area (Å²) in [6.07, 6.45) is 1.37. The van der Waals surface area contributed by atoms with Crippen LogP contribution in [-0.2, 0) is 14.3 Å². The first-order chi connectivity index (χ1) is 13.1. The van der Waals surface area contributed by atoms with Gasteiger partial charge in [-0.2, -0.15) is 0 Å². The first-order valence-electron chi connectivity index (χ1n) is 8.58. The van der Waals surface area contributed by atoms with E-state index >= 15 is 0 Å². The van der Waals surface area contributed by atoms with Gasteiger partial charge in [0, 0.05) is 24.3 Å². The molecule has 0 aromatic heterocycles. The molecule has 1 N–H and O–H groups in total. The van der Waals surface area contributed by atoms with E-state index in [0.717, 1.165) is 12.1 Å². The smallest absolute Gasteiger partial charge is 0.338 e. The van der Waals surface area contributed by atoms with Crippen molar-refractivity contribution in [3.63, 3.8) is 0 Å². The molecule has 0 unspecified atom stereocenters. The number of carbonyl (C=O) groups excluding carboxylic acids is 3. The molecule has 27 heavy (non-hydrogen) atoms. The summed E-state index contributed by atoms with van der Waals surface area (Å²) in [7, 11) is 1.53. The number of anilines is 2. The Labute approximate surface area is 156 Å². The summed E-state index contributed by atoms with van der Waals surface area (Å²) < 4.78 is 10.1. The largest absolute Gasteiger partial charge is 0.497 e. The highest BCUT2D eigenvalue weighted by Crippen LogP contribution is 2.24. The third-order valence-corrected chi connectivity index (χ3v) is 4.18. The van der Waals surface area contributed by atoms with Gasteiger partial charge in [0.2, 0.25) is 5.91 Å². The number of ether oxygens (including phenoxy) is 2. The quantitative estimate of drug-likeness (QED) is 0.793. The maximum Gasteiger partial charge on any atom is 0.338 e. The summed E-state index contributed by atoms with van der Waals surface area (Å²) in [5, 5.41) is 2.67. The number of carbonyl (C=O) groups is 3. The summed E-state index contributed by atoms with van der Waals surface area (Å²) in [6.45, 7) is 0.271. The lowest BCUT2D eigenvalue weighted by molar-refractivity contribution is -0.119. The summed E-state index contributed by atoms with van der Waals surface area (Å²) in [5.74, 6) is -0.349. The molecule has 0 bridgehead atoms. The molecule has 0 aliphatic carbocycles. The molecule has 0 saturated carbocycles. The Kier molecular flexibility index (Phi) is 5.71. The Morgan fingerprint density at radius 2 is 1.93 bits per heavy atom. The van der Waals surface area contributed by atoms with Gasteiger partial charge < -0.3 is 19.7 Å². The standard InChI is InChI=1S/C20H20N2O5/c1-26-17-9-7-14(8-10-17)20(25)27-13-18(23)21-15-4-2-5-16(12-15)22-11-3-6-19(22)24/h2,4-5,7-10,12H,3,6,11,13H2,1H3,(H,21,23). The Bertz CT molecular complexity index is 848. The first-order valence-corrected chi connectivity index (χ1v) is 8.58. The van der Waals surface area contributed by atoms with Gasteiger partial charge in [0.05, 0.1) is 12.7 Å². The minimum absolute atomic E-state index is 0.0758. The monoisotopic (exact) mass is 368 g/mol. The van der Waals surface area contributed by atoms with E-state index in [1.165, 1.54) is 7.11 Å². The maximum absolute atomic E-state index is 12.1. The molecule has 0 atom stereocenters. The number of nitrogens with one attached hydrogen (secondary N) is 1. The van der Waals surface area contributed by atoms with Crippen molar-refractivity contribution in [1.82, 2.24) is 0 Å². The molecule has 2 aromatic carbocycles. The zero-order chi connectivity index (χ0) is 19.2. The van der Waals surface area contributed by atoms with Gasteiger partial charge >= 0.3 is 5.97 Å². The zero-order valence-electron chi connectivity index (χ0n) is 14.9. The molecule has 1 fully saturated rings. The van der Waals surface area contributed by atoms with E-state index in [-0.39, 0.29) is 5.91 Å². The summed E-state index contributed by atoms with van der Waals surface area (Å²) in [6, 6.07) is 13.4. The summed E-state index contributed by atoms with van der Waals surface area (Å²) in [4.78, 5) is 37.6. The predicted octanol–water partition coefficient (Wildman–Crippen LogP) is 2.62. The van der Waals surface area contributed by atoms with Crippen molar-refractivity contribution < 1.29 is 23.9 Å². The lowest BCUT2D eigenvalue weighted by Gasteiger charge is -2.16. The van der Waals surface area contributed by atoms with Crippen LogP contribution in [0.15, 0.2) is 48.5 Å². The fourth-order valence-electron chi connectivity index (χ4n) is 2.81. The fourth-order valence-corrected chi connectivity index (χ4v) is 2.81. The van der Waals surface area contributed by atoms with E-state index in [0.29, 0.717) is 30.0 Å². The van der Waals surface area contributed by atoms with Crippen LogP contribution in [-0.4, -0.2) is 38.0 Å². The molecule has 0 radical (unpaired) electrons. The van der Waals surface area contributed by atoms with Gasteiger partial charge in [-0.05, 0) is 48.9 Å². The molecular weight excluding hydrogens is 348 g/mol. The van der Waals surface area contributed by atoms with E-state index in [2.05, 4.69) is 5.32 Å². The van der Waals surface area contributed by atoms with Crippen LogP contribution in [0.4, 0.5) is 11.4 Å². The molecule has 7 nitrogen and oxygen atoms in total. The average molecular weight is 368 g/mol. The highest BCUT2D eigenvalue weighted by molar-refractivity contribution is 5.98. The third-order valence-electron chi connectivity index (χ3n) is 4.18. The van der Waals surface area contributed by atoms with Crippen molar-refractivity contribution in [3.8, 4) is 5.75 Å². The number of amides is 2. The topological polar surface area (TPSA) is 84.9 Å². The summed E-state index contributed by atoms with van der Waals surface area (Å²) in [5.41, 5.74) is 1.61. The van der Waals surface area contributed by atoms with Crippen LogP contribution >= 0.6 is 0 Å². The second kappa shape index (κ2) is 8.35. The number of rotatable bonds is 6. The van der Waals surface area contributed by atoms with E-state index in [1.54, 1.807) is 47.4 Å². The number of hydrogen-bond acceptors (Lipinski definition) is 5. The number of benzene rings is 2. The van der Waals surface area contributed by atoms with Crippen LogP contribution in [0.2, 0.25) is 0 Å². The Morgan fingerprint density at radius 3 is 2.59 bits per heavy atom. The van der Waals surface area contributed by atoms with Gasteiger partial charge in [-0.15, -0.1) is 0 Å². The van der Waals surface area contributed by atoms with Crippen LogP contribution in [0.5, 0.6) is 5.75 Å². The highest BCUT2D eigenvalue weighted by atomic mass is 16.5. The Morgan fingerprint density at radius 1 is 1.15 bits per heavy atom. The molecule has 1 aliphatic rings. The molecule has 1 heterocycles. The van der Waals surface area contributed by atoms with Crippen LogP contribution in [0, 0.1) is 0 Å². The minimum atomic E-state index is -0.593. The highest BCUT2D eigenvalue weighted by Gasteiger charge is 2.21. The fraction of sp³-hybridized carbons (Fsp3) is 0.250. The van der Waals surface area contributed by atoms with E-state index in [9.17, 15) is 14.4 Å². The molecule has 0 spiro atoms. The van der Waals surface area contributed by atoms with Crippen LogP contribution in [0.25, 0.3) is 0 Å². The molecule has 7 heteroatoms. The van der Waals surface area contributed by atoms with Gasteiger partial charge in [-0.1, -0.05) is 6.07 Å². The van der Waals surface area contributed by atoms with E-state index in [4.69, 9.17) is 9.47 Å². The van der Waals surface area contributed by atoms with Crippen molar-refractivity contribution in [2.45, 2.75) is 12.8 Å². The average Bonchev–Trinajstić information content (AvgIpc) is 3.12. The number of esters is 1. The van der Waals surface area contributed by atoms with Gasteiger partial charge in [0.1, 0.15) is 5.75 Å². The van der Waals surface area contributed by atoms with E-state index < -0.39 is 18.5 Å². The third kappa shape index (κ3) is 4.63. The van der Waals surface area contributed by atoms with Crippen molar-refractivity contribution >= 4 is 29.2 Å². The molecule has 1 saturated heterocycles. The summed E-state index contributed by atoms with van der Waals surface area (Å²) >= 11 is 0. The van der Waals surface area contributed by atoms with E-state index in [1.807, 2.05) is 6.07 Å². The van der Waals surface area contributed by atoms with Crippen molar-refractivity contribution in [2.75, 3.05) is 30.5 Å². The van der Waals surface area contributed by atoms with Gasteiger partial charge in [-0.25, -0.2) is 4.79 Å². The van der Waals surface area contributed by atoms with Gasteiger partial charge in [-0.3, -0.25) is 9.59 Å². The van der Waals surface area contributed by atoms with Gasteiger partial charge in [0.25, 0.3) is 5.91 Å². The van der Waals surface area contributed by atoms with Gasteiger partial charge in [0.15, 0.2) is 6.61 Å². The van der Waals surface area contributed by atoms with Crippen LogP contribution in [0.3, 0.4) is 0 Å². The molecule has 2 aromatic rings. The number of hydrogen-bond donors (Lipinski definition) is 1. The van der Waals surface area contributed by atoms with Crippen LogP contribution in [0.1, 0.15) is 23.2 Å². The normalized spacial score (nSPS) is 13.4. The van der Waals surface area contributed by atoms with Crippen LogP contribution < -0.4 is 15.0 Å². The SMILES string of the molecule is COc1ccc(C(=O)OCC(=O)Nc2cccc(N3CCCC3=O)c2)cc1. The number of nitrogens with zero attached hydrogens (tertiary/aromatic N) is 1.